The number of thiazole rings is 1. The highest BCUT2D eigenvalue weighted by Crippen LogP contribution is 2.22. The number of carbonyl (C=O) groups is 2. The minimum Gasteiger partial charge on any atom is -0.468 e. The number of methoxy groups -OCH3 is 1. The fraction of sp³-hybridized carbons (Fsp3) is 0.357. The molecule has 1 amide bonds. The summed E-state index contributed by atoms with van der Waals surface area (Å²) in [6.07, 6.45) is 1.11. The number of hydrogen-bond acceptors (Lipinski definition) is 4. The van der Waals surface area contributed by atoms with Crippen LogP contribution in [0.15, 0.2) is 23.2 Å². The van der Waals surface area contributed by atoms with E-state index in [-0.39, 0.29) is 12.5 Å². The smallest absolute Gasteiger partial charge is 0.325 e. The summed E-state index contributed by atoms with van der Waals surface area (Å²) >= 11 is 7.30. The zero-order chi connectivity index (χ0) is 15.4. The number of benzene rings is 1. The molecule has 0 saturated carbocycles. The van der Waals surface area contributed by atoms with Crippen molar-refractivity contribution in [3.63, 3.8) is 0 Å². The second-order valence-electron chi connectivity index (χ2n) is 4.41. The quantitative estimate of drug-likeness (QED) is 0.812. The molecule has 7 heteroatoms. The van der Waals surface area contributed by atoms with Crippen LogP contribution in [-0.2, 0) is 20.9 Å². The molecular weight excluding hydrogens is 312 g/mol. The van der Waals surface area contributed by atoms with Crippen LogP contribution in [0.3, 0.4) is 0 Å². The molecule has 0 fully saturated rings. The van der Waals surface area contributed by atoms with Gasteiger partial charge in [-0.25, -0.2) is 0 Å². The van der Waals surface area contributed by atoms with E-state index in [1.165, 1.54) is 18.4 Å². The van der Waals surface area contributed by atoms with Crippen LogP contribution in [0.2, 0.25) is 5.02 Å². The van der Waals surface area contributed by atoms with Crippen molar-refractivity contribution in [3.05, 3.63) is 28.0 Å². The molecule has 2 aromatic rings. The Morgan fingerprint density at radius 2 is 2.19 bits per heavy atom. The maximum atomic E-state index is 11.7. The minimum absolute atomic E-state index is 0.0103. The summed E-state index contributed by atoms with van der Waals surface area (Å²) in [6, 6.07) is 5.33. The fourth-order valence-corrected chi connectivity index (χ4v) is 3.18. The van der Waals surface area contributed by atoms with E-state index in [2.05, 4.69) is 4.99 Å². The van der Waals surface area contributed by atoms with Gasteiger partial charge < -0.3 is 9.30 Å². The number of halogens is 1. The Balaban J connectivity index is 2.59. The topological polar surface area (TPSA) is 60.7 Å². The Hall–Kier alpha value is -1.66. The number of esters is 1. The molecule has 0 N–H and O–H groups in total. The average molecular weight is 327 g/mol. The van der Waals surface area contributed by atoms with Gasteiger partial charge in [-0.1, -0.05) is 29.9 Å². The van der Waals surface area contributed by atoms with Crippen molar-refractivity contribution in [1.82, 2.24) is 4.57 Å². The number of carbonyl (C=O) groups excluding carboxylic acids is 2. The second-order valence-corrected chi connectivity index (χ2v) is 5.86. The Morgan fingerprint density at radius 3 is 2.86 bits per heavy atom. The Kier molecular flexibility index (Phi) is 5.14. The van der Waals surface area contributed by atoms with Crippen LogP contribution < -0.4 is 4.80 Å². The molecule has 1 heterocycles. The van der Waals surface area contributed by atoms with E-state index in [1.807, 2.05) is 6.92 Å². The Morgan fingerprint density at radius 1 is 1.43 bits per heavy atom. The molecule has 0 unspecified atom stereocenters. The second kappa shape index (κ2) is 6.87. The molecule has 0 aliphatic rings. The van der Waals surface area contributed by atoms with Gasteiger partial charge in [-0.15, -0.1) is 0 Å². The lowest BCUT2D eigenvalue weighted by Gasteiger charge is -2.03. The third kappa shape index (κ3) is 3.71. The molecule has 1 aromatic heterocycles. The van der Waals surface area contributed by atoms with Gasteiger partial charge in [-0.2, -0.15) is 4.99 Å². The lowest BCUT2D eigenvalue weighted by molar-refractivity contribution is -0.141. The van der Waals surface area contributed by atoms with E-state index in [9.17, 15) is 9.59 Å². The first kappa shape index (κ1) is 15.7. The molecule has 21 heavy (non-hydrogen) atoms. The highest BCUT2D eigenvalue weighted by atomic mass is 35.5. The zero-order valence-corrected chi connectivity index (χ0v) is 13.3. The monoisotopic (exact) mass is 326 g/mol. The van der Waals surface area contributed by atoms with Crippen molar-refractivity contribution in [2.24, 2.45) is 4.99 Å². The molecule has 2 rings (SSSR count). The van der Waals surface area contributed by atoms with Gasteiger partial charge in [0.1, 0.15) is 6.54 Å². The summed E-state index contributed by atoms with van der Waals surface area (Å²) in [6.45, 7) is 1.93. The van der Waals surface area contributed by atoms with Crippen molar-refractivity contribution in [2.75, 3.05) is 7.11 Å². The molecular formula is C14H15ClN2O3S. The third-order valence-corrected chi connectivity index (χ3v) is 4.12. The molecule has 0 atom stereocenters. The summed E-state index contributed by atoms with van der Waals surface area (Å²) in [4.78, 5) is 27.9. The van der Waals surface area contributed by atoms with Crippen molar-refractivity contribution in [3.8, 4) is 0 Å². The van der Waals surface area contributed by atoms with Crippen LogP contribution in [0.5, 0.6) is 0 Å². The van der Waals surface area contributed by atoms with Gasteiger partial charge in [-0.05, 0) is 24.6 Å². The predicted molar refractivity (Wildman–Crippen MR) is 82.3 cm³/mol. The molecule has 0 radical (unpaired) electrons. The number of aromatic nitrogens is 1. The minimum atomic E-state index is -0.394. The van der Waals surface area contributed by atoms with Crippen molar-refractivity contribution in [1.29, 1.82) is 0 Å². The van der Waals surface area contributed by atoms with E-state index >= 15 is 0 Å². The van der Waals surface area contributed by atoms with E-state index in [0.717, 1.165) is 16.6 Å². The molecule has 1 aromatic carbocycles. The highest BCUT2D eigenvalue weighted by Gasteiger charge is 2.11. The zero-order valence-electron chi connectivity index (χ0n) is 11.8. The van der Waals surface area contributed by atoms with Gasteiger partial charge in [0.25, 0.3) is 0 Å². The maximum Gasteiger partial charge on any atom is 0.325 e. The van der Waals surface area contributed by atoms with Gasteiger partial charge in [0, 0.05) is 11.4 Å². The van der Waals surface area contributed by atoms with Crippen LogP contribution in [0.4, 0.5) is 0 Å². The van der Waals surface area contributed by atoms with Gasteiger partial charge in [0.2, 0.25) is 5.91 Å². The van der Waals surface area contributed by atoms with E-state index in [0.29, 0.717) is 16.2 Å². The first-order valence-electron chi connectivity index (χ1n) is 6.48. The predicted octanol–water partition coefficient (Wildman–Crippen LogP) is 2.76. The summed E-state index contributed by atoms with van der Waals surface area (Å²) in [5.41, 5.74) is 0.804. The van der Waals surface area contributed by atoms with Crippen LogP contribution in [0, 0.1) is 0 Å². The van der Waals surface area contributed by atoms with Crippen LogP contribution >= 0.6 is 22.9 Å². The number of amides is 1. The number of hydrogen-bond donors (Lipinski definition) is 0. The molecule has 0 bridgehead atoms. The number of nitrogens with zero attached hydrogens (tertiary/aromatic N) is 2. The van der Waals surface area contributed by atoms with E-state index in [4.69, 9.17) is 16.3 Å². The lowest BCUT2D eigenvalue weighted by atomic mass is 10.3. The molecule has 0 spiro atoms. The SMILES string of the molecule is CCCC(=O)N=c1sc2cc(Cl)ccc2n1CC(=O)OC. The Labute approximate surface area is 130 Å². The normalized spacial score (nSPS) is 11.9. The van der Waals surface area contributed by atoms with Crippen molar-refractivity contribution < 1.29 is 14.3 Å². The van der Waals surface area contributed by atoms with Crippen LogP contribution in [0.1, 0.15) is 19.8 Å². The molecule has 0 saturated heterocycles. The van der Waals surface area contributed by atoms with Crippen molar-refractivity contribution in [2.45, 2.75) is 26.3 Å². The van der Waals surface area contributed by atoms with Gasteiger partial charge in [-0.3, -0.25) is 9.59 Å². The van der Waals surface area contributed by atoms with Gasteiger partial charge in [0.15, 0.2) is 4.80 Å². The van der Waals surface area contributed by atoms with Gasteiger partial charge >= 0.3 is 5.97 Å². The summed E-state index contributed by atoms with van der Waals surface area (Å²) in [5, 5.41) is 0.598. The summed E-state index contributed by atoms with van der Waals surface area (Å²) in [5.74, 6) is -0.595. The van der Waals surface area contributed by atoms with Gasteiger partial charge in [0.05, 0.1) is 17.3 Å². The lowest BCUT2D eigenvalue weighted by Crippen LogP contribution is -2.22. The van der Waals surface area contributed by atoms with Crippen molar-refractivity contribution >= 4 is 45.0 Å². The third-order valence-electron chi connectivity index (χ3n) is 2.84. The fourth-order valence-electron chi connectivity index (χ4n) is 1.86. The van der Waals surface area contributed by atoms with E-state index < -0.39 is 5.97 Å². The summed E-state index contributed by atoms with van der Waals surface area (Å²) < 4.78 is 7.24. The molecule has 0 aliphatic carbocycles. The van der Waals surface area contributed by atoms with Crippen LogP contribution in [-0.4, -0.2) is 23.6 Å². The number of rotatable bonds is 4. The first-order chi connectivity index (χ1) is 10.0. The van der Waals surface area contributed by atoms with Crippen LogP contribution in [0.25, 0.3) is 10.2 Å². The number of fused-ring (bicyclic) bond motifs is 1. The molecule has 5 nitrogen and oxygen atoms in total. The van der Waals surface area contributed by atoms with E-state index in [1.54, 1.807) is 22.8 Å². The largest absolute Gasteiger partial charge is 0.468 e. The number of ether oxygens (including phenoxy) is 1. The first-order valence-corrected chi connectivity index (χ1v) is 7.68. The highest BCUT2D eigenvalue weighted by molar-refractivity contribution is 7.16. The average Bonchev–Trinajstić information content (AvgIpc) is 2.75. The molecule has 112 valence electrons. The molecule has 0 aliphatic heterocycles. The summed E-state index contributed by atoms with van der Waals surface area (Å²) in [7, 11) is 1.33. The maximum absolute atomic E-state index is 11.7. The standard InChI is InChI=1S/C14H15ClN2O3S/c1-3-4-12(18)16-14-17(8-13(19)20-2)10-6-5-9(15)7-11(10)21-14/h5-7H,3-4,8H2,1-2H3. The Bertz CT molecular complexity index is 748.